The highest BCUT2D eigenvalue weighted by molar-refractivity contribution is 5.49. The molecule has 0 aliphatic rings. The fourth-order valence-corrected chi connectivity index (χ4v) is 1.51. The van der Waals surface area contributed by atoms with E-state index >= 15 is 0 Å². The average molecular weight is 226 g/mol. The van der Waals surface area contributed by atoms with Crippen LogP contribution in [0.3, 0.4) is 0 Å². The Labute approximate surface area is 95.9 Å². The summed E-state index contributed by atoms with van der Waals surface area (Å²) < 4.78 is 13.8. The van der Waals surface area contributed by atoms with Crippen molar-refractivity contribution < 1.29 is 9.50 Å². The van der Waals surface area contributed by atoms with Crippen molar-refractivity contribution in [3.8, 4) is 0 Å². The number of likely N-dealkylation sites (N-methyl/N-ethyl adjacent to an activating group) is 1. The Morgan fingerprint density at radius 3 is 2.69 bits per heavy atom. The molecule has 2 N–H and O–H groups in total. The topological polar surface area (TPSA) is 35.5 Å². The Kier molecular flexibility index (Phi) is 4.71. The van der Waals surface area contributed by atoms with Crippen molar-refractivity contribution in [3.63, 3.8) is 0 Å². The van der Waals surface area contributed by atoms with Gasteiger partial charge in [-0.05, 0) is 31.7 Å². The van der Waals surface area contributed by atoms with E-state index in [1.165, 1.54) is 6.07 Å². The quantitative estimate of drug-likeness (QED) is 0.796. The summed E-state index contributed by atoms with van der Waals surface area (Å²) in [6.45, 7) is 2.51. The first kappa shape index (κ1) is 12.9. The number of halogens is 1. The molecule has 4 heteroatoms. The van der Waals surface area contributed by atoms with Crippen LogP contribution in [0.2, 0.25) is 0 Å². The summed E-state index contributed by atoms with van der Waals surface area (Å²) in [5.74, 6) is -0.254. The van der Waals surface area contributed by atoms with Gasteiger partial charge in [0.05, 0.1) is 12.3 Å². The van der Waals surface area contributed by atoms with E-state index in [0.29, 0.717) is 12.2 Å². The van der Waals surface area contributed by atoms with E-state index in [9.17, 15) is 4.39 Å². The maximum absolute atomic E-state index is 13.8. The van der Waals surface area contributed by atoms with Crippen LogP contribution in [-0.4, -0.2) is 31.9 Å². The molecule has 0 heterocycles. The van der Waals surface area contributed by atoms with Gasteiger partial charge in [0.2, 0.25) is 0 Å². The van der Waals surface area contributed by atoms with Crippen molar-refractivity contribution in [1.29, 1.82) is 0 Å². The second kappa shape index (κ2) is 5.82. The van der Waals surface area contributed by atoms with Crippen LogP contribution in [0.25, 0.3) is 0 Å². The molecule has 0 saturated carbocycles. The van der Waals surface area contributed by atoms with Gasteiger partial charge in [0, 0.05) is 19.6 Å². The third kappa shape index (κ3) is 2.93. The van der Waals surface area contributed by atoms with Gasteiger partial charge in [-0.25, -0.2) is 4.39 Å². The Bertz CT molecular complexity index is 344. The lowest BCUT2D eigenvalue weighted by Crippen LogP contribution is -2.32. The molecule has 16 heavy (non-hydrogen) atoms. The molecule has 1 aromatic carbocycles. The highest BCUT2D eigenvalue weighted by atomic mass is 19.1. The summed E-state index contributed by atoms with van der Waals surface area (Å²) in [5.41, 5.74) is 1.43. The molecule has 1 rings (SSSR count). The zero-order valence-corrected chi connectivity index (χ0v) is 10.00. The zero-order valence-electron chi connectivity index (χ0n) is 10.00. The van der Waals surface area contributed by atoms with E-state index < -0.39 is 0 Å². The molecule has 90 valence electrons. The van der Waals surface area contributed by atoms with E-state index in [1.54, 1.807) is 18.0 Å². The van der Waals surface area contributed by atoms with Crippen LogP contribution < -0.4 is 10.2 Å². The number of anilines is 1. The van der Waals surface area contributed by atoms with Gasteiger partial charge >= 0.3 is 0 Å². The third-order valence-electron chi connectivity index (χ3n) is 2.70. The van der Waals surface area contributed by atoms with Gasteiger partial charge in [0.15, 0.2) is 0 Å². The largest absolute Gasteiger partial charge is 0.394 e. The van der Waals surface area contributed by atoms with E-state index in [4.69, 9.17) is 5.11 Å². The first-order chi connectivity index (χ1) is 7.60. The van der Waals surface area contributed by atoms with Gasteiger partial charge < -0.3 is 15.3 Å². The minimum absolute atomic E-state index is 0.00814. The molecular weight excluding hydrogens is 207 g/mol. The fraction of sp³-hybridized carbons (Fsp3) is 0.500. The maximum atomic E-state index is 13.8. The molecule has 0 spiro atoms. The van der Waals surface area contributed by atoms with E-state index in [1.807, 2.05) is 20.0 Å². The highest BCUT2D eigenvalue weighted by Gasteiger charge is 2.13. The number of aliphatic hydroxyl groups is 1. The predicted octanol–water partition coefficient (Wildman–Crippen LogP) is 1.36. The van der Waals surface area contributed by atoms with Gasteiger partial charge in [-0.3, -0.25) is 0 Å². The van der Waals surface area contributed by atoms with Crippen LogP contribution >= 0.6 is 0 Å². The monoisotopic (exact) mass is 226 g/mol. The molecule has 0 radical (unpaired) electrons. The van der Waals surface area contributed by atoms with E-state index in [-0.39, 0.29) is 18.5 Å². The number of nitrogens with one attached hydrogen (secondary N) is 1. The molecule has 0 aromatic heterocycles. The number of hydrogen-bond acceptors (Lipinski definition) is 3. The third-order valence-corrected chi connectivity index (χ3v) is 2.70. The van der Waals surface area contributed by atoms with Crippen molar-refractivity contribution in [1.82, 2.24) is 5.32 Å². The van der Waals surface area contributed by atoms with Gasteiger partial charge in [-0.1, -0.05) is 6.07 Å². The van der Waals surface area contributed by atoms with E-state index in [0.717, 1.165) is 5.56 Å². The number of aliphatic hydroxyl groups excluding tert-OH is 1. The van der Waals surface area contributed by atoms with Gasteiger partial charge in [-0.15, -0.1) is 0 Å². The normalized spacial score (nSPS) is 12.6. The van der Waals surface area contributed by atoms with Crippen LogP contribution in [0.5, 0.6) is 0 Å². The summed E-state index contributed by atoms with van der Waals surface area (Å²) in [7, 11) is 3.60. The number of hydrogen-bond donors (Lipinski definition) is 2. The summed E-state index contributed by atoms with van der Waals surface area (Å²) in [4.78, 5) is 1.73. The maximum Gasteiger partial charge on any atom is 0.146 e. The molecule has 0 fully saturated rings. The predicted molar refractivity (Wildman–Crippen MR) is 64.1 cm³/mol. The highest BCUT2D eigenvalue weighted by Crippen LogP contribution is 2.21. The molecule has 0 aliphatic heterocycles. The molecular formula is C12H19FN2O. The first-order valence-corrected chi connectivity index (χ1v) is 5.36. The van der Waals surface area contributed by atoms with Crippen molar-refractivity contribution >= 4 is 5.69 Å². The molecule has 1 unspecified atom stereocenters. The van der Waals surface area contributed by atoms with Gasteiger partial charge in [-0.2, -0.15) is 0 Å². The number of benzene rings is 1. The summed E-state index contributed by atoms with van der Waals surface area (Å²) in [5, 5.41) is 12.0. The average Bonchev–Trinajstić information content (AvgIpc) is 2.28. The molecule has 1 atom stereocenters. The van der Waals surface area contributed by atoms with Crippen LogP contribution in [0.4, 0.5) is 10.1 Å². The van der Waals surface area contributed by atoms with Crippen molar-refractivity contribution in [2.45, 2.75) is 19.5 Å². The summed E-state index contributed by atoms with van der Waals surface area (Å²) in [6.07, 6.45) is 0. The van der Waals surface area contributed by atoms with Gasteiger partial charge in [0.1, 0.15) is 5.82 Å². The Balaban J connectivity index is 2.89. The first-order valence-electron chi connectivity index (χ1n) is 5.36. The smallest absolute Gasteiger partial charge is 0.146 e. The molecule has 0 aliphatic carbocycles. The second-order valence-corrected chi connectivity index (χ2v) is 3.96. The molecule has 0 saturated heterocycles. The molecule has 0 amide bonds. The van der Waals surface area contributed by atoms with Gasteiger partial charge in [0.25, 0.3) is 0 Å². The number of rotatable bonds is 5. The van der Waals surface area contributed by atoms with Crippen molar-refractivity contribution in [2.75, 3.05) is 25.6 Å². The number of nitrogens with zero attached hydrogens (tertiary/aromatic N) is 1. The lowest BCUT2D eigenvalue weighted by atomic mass is 10.1. The lowest BCUT2D eigenvalue weighted by Gasteiger charge is -2.26. The Morgan fingerprint density at radius 2 is 2.19 bits per heavy atom. The standard InChI is InChI=1S/C12H19FN2O/c1-9(8-16)15(3)12-5-4-10(7-14-2)6-11(12)13/h4-6,9,14,16H,7-8H2,1-3H3. The fourth-order valence-electron chi connectivity index (χ4n) is 1.51. The van der Waals surface area contributed by atoms with Crippen LogP contribution in [0, 0.1) is 5.82 Å². The zero-order chi connectivity index (χ0) is 12.1. The minimum Gasteiger partial charge on any atom is -0.394 e. The van der Waals surface area contributed by atoms with E-state index in [2.05, 4.69) is 5.32 Å². The summed E-state index contributed by atoms with van der Waals surface area (Å²) in [6, 6.07) is 5.06. The lowest BCUT2D eigenvalue weighted by molar-refractivity contribution is 0.269. The van der Waals surface area contributed by atoms with Crippen molar-refractivity contribution in [2.24, 2.45) is 0 Å². The summed E-state index contributed by atoms with van der Waals surface area (Å²) >= 11 is 0. The SMILES string of the molecule is CNCc1ccc(N(C)C(C)CO)c(F)c1. The second-order valence-electron chi connectivity index (χ2n) is 3.96. The van der Waals surface area contributed by atoms with Crippen LogP contribution in [0.1, 0.15) is 12.5 Å². The minimum atomic E-state index is -0.254. The molecule has 3 nitrogen and oxygen atoms in total. The van der Waals surface area contributed by atoms with Crippen molar-refractivity contribution in [3.05, 3.63) is 29.6 Å². The Morgan fingerprint density at radius 1 is 1.50 bits per heavy atom. The molecule has 1 aromatic rings. The molecule has 0 bridgehead atoms. The van der Waals surface area contributed by atoms with Crippen LogP contribution in [0.15, 0.2) is 18.2 Å². The van der Waals surface area contributed by atoms with Crippen LogP contribution in [-0.2, 0) is 6.54 Å². The Hall–Kier alpha value is -1.13.